The van der Waals surface area contributed by atoms with Crippen molar-refractivity contribution in [2.45, 2.75) is 107 Å². The number of aromatic nitrogens is 1. The van der Waals surface area contributed by atoms with Crippen LogP contribution in [0.2, 0.25) is 0 Å². The topological polar surface area (TPSA) is 119 Å². The van der Waals surface area contributed by atoms with E-state index in [-0.39, 0.29) is 32.8 Å². The maximum atomic E-state index is 9.72. The molecule has 0 fully saturated rings. The Bertz CT molecular complexity index is 2390. The molecule has 2 aliphatic rings. The third-order valence-electron chi connectivity index (χ3n) is 10.1. The first-order chi connectivity index (χ1) is 26.5. The van der Waals surface area contributed by atoms with Crippen LogP contribution in [0.25, 0.3) is 34.0 Å². The van der Waals surface area contributed by atoms with Crippen LogP contribution >= 0.6 is 0 Å². The molecule has 0 radical (unpaired) electrons. The highest BCUT2D eigenvalue weighted by Crippen LogP contribution is 2.42. The summed E-state index contributed by atoms with van der Waals surface area (Å²) in [5.41, 5.74) is 6.64. The second-order valence-corrected chi connectivity index (χ2v) is 18.8. The first kappa shape index (κ1) is 41.9. The molecule has 0 amide bonds. The number of hydrogen-bond donors (Lipinski definition) is 0. The van der Waals surface area contributed by atoms with E-state index < -0.39 is 0 Å². The second-order valence-electron chi connectivity index (χ2n) is 18.8. The number of rotatable bonds is 5. The van der Waals surface area contributed by atoms with Crippen molar-refractivity contribution in [1.82, 2.24) is 4.57 Å². The smallest absolute Gasteiger partial charge is 0.137 e. The van der Waals surface area contributed by atoms with Gasteiger partial charge in [-0.05, 0) is 113 Å². The lowest BCUT2D eigenvalue weighted by atomic mass is 9.83. The molecular formula is C50H53N5O2. The summed E-state index contributed by atoms with van der Waals surface area (Å²) in [5.74, 6) is 2.43. The van der Waals surface area contributed by atoms with Crippen molar-refractivity contribution >= 4 is 34.0 Å². The van der Waals surface area contributed by atoms with Crippen LogP contribution in [0.5, 0.6) is 0 Å². The highest BCUT2D eigenvalue weighted by Gasteiger charge is 2.27. The van der Waals surface area contributed by atoms with Gasteiger partial charge in [-0.1, -0.05) is 83.1 Å². The average molecular weight is 756 g/mol. The van der Waals surface area contributed by atoms with Gasteiger partial charge >= 0.3 is 0 Å². The molecule has 7 nitrogen and oxygen atoms in total. The van der Waals surface area contributed by atoms with Crippen molar-refractivity contribution in [3.8, 4) is 24.3 Å². The number of allylic oxidation sites excluding steroid dienone is 12. The zero-order chi connectivity index (χ0) is 42.2. The van der Waals surface area contributed by atoms with Crippen molar-refractivity contribution in [2.24, 2.45) is 10.8 Å². The van der Waals surface area contributed by atoms with E-state index >= 15 is 0 Å². The van der Waals surface area contributed by atoms with E-state index in [4.69, 9.17) is 9.47 Å². The average Bonchev–Trinajstić information content (AvgIpc) is 3.46. The van der Waals surface area contributed by atoms with Gasteiger partial charge in [0.2, 0.25) is 0 Å². The van der Waals surface area contributed by atoms with E-state index in [1.54, 1.807) is 24.3 Å². The molecule has 3 aromatic rings. The summed E-state index contributed by atoms with van der Waals surface area (Å²) >= 11 is 0. The van der Waals surface area contributed by atoms with Crippen LogP contribution in [0.15, 0.2) is 106 Å². The van der Waals surface area contributed by atoms with E-state index in [9.17, 15) is 21.0 Å². The molecule has 0 bridgehead atoms. The highest BCUT2D eigenvalue weighted by atomic mass is 16.5. The summed E-state index contributed by atoms with van der Waals surface area (Å²) in [7, 11) is 0. The Balaban J connectivity index is 1.81. The molecule has 0 spiro atoms. The molecule has 2 aliphatic heterocycles. The fraction of sp³-hybridized carbons (Fsp3) is 0.360. The standard InChI is InChI=1S/C50H53N5O2/c1-14-55-45-31(15-17-39-21-33(35(27-51)28-52)23-43(56-39)49(8,9)10)19-37(47(2,3)4)25-41(45)42-26-38(48(5,6)7)20-32(46(42)55)16-18-40-22-34(36(29-53)30-54)24-44(57-40)50(11,12)13/h15-26H,14H2,1-13H3/b17-15+,18-16+. The molecule has 0 aliphatic carbocycles. The Morgan fingerprint density at radius 1 is 0.526 bits per heavy atom. The first-order valence-electron chi connectivity index (χ1n) is 19.4. The van der Waals surface area contributed by atoms with Gasteiger partial charge in [0.05, 0.1) is 11.0 Å². The van der Waals surface area contributed by atoms with E-state index in [2.05, 4.69) is 89.5 Å². The van der Waals surface area contributed by atoms with Gasteiger partial charge in [-0.2, -0.15) is 21.0 Å². The number of fused-ring (bicyclic) bond motifs is 3. The molecule has 0 N–H and O–H groups in total. The molecule has 0 unspecified atom stereocenters. The Labute approximate surface area is 338 Å². The zero-order valence-electron chi connectivity index (χ0n) is 35.7. The molecule has 1 aromatic heterocycles. The predicted octanol–water partition coefficient (Wildman–Crippen LogP) is 12.8. The third-order valence-corrected chi connectivity index (χ3v) is 10.1. The van der Waals surface area contributed by atoms with Crippen LogP contribution in [0, 0.1) is 56.2 Å². The normalized spacial score (nSPS) is 15.2. The van der Waals surface area contributed by atoms with Gasteiger partial charge < -0.3 is 14.0 Å². The molecule has 0 saturated heterocycles. The fourth-order valence-electron chi connectivity index (χ4n) is 6.76. The minimum absolute atomic E-state index is 0.0345. The fourth-order valence-corrected chi connectivity index (χ4v) is 6.76. The third kappa shape index (κ3) is 8.76. The van der Waals surface area contributed by atoms with Crippen LogP contribution in [-0.2, 0) is 26.8 Å². The molecule has 0 saturated carbocycles. The minimum Gasteiger partial charge on any atom is -0.461 e. The quantitative estimate of drug-likeness (QED) is 0.239. The summed E-state index contributed by atoms with van der Waals surface area (Å²) in [5, 5.41) is 41.2. The summed E-state index contributed by atoms with van der Waals surface area (Å²) in [4.78, 5) is 0. The predicted molar refractivity (Wildman–Crippen MR) is 231 cm³/mol. The number of ether oxygens (including phenoxy) is 2. The van der Waals surface area contributed by atoms with Crippen LogP contribution in [0.1, 0.15) is 112 Å². The number of benzene rings is 2. The summed E-state index contributed by atoms with van der Waals surface area (Å²) < 4.78 is 15.2. The minimum atomic E-state index is -0.355. The van der Waals surface area contributed by atoms with Gasteiger partial charge in [0, 0.05) is 39.3 Å². The number of nitriles is 4. The zero-order valence-corrected chi connectivity index (χ0v) is 35.7. The number of hydrogen-bond acceptors (Lipinski definition) is 6. The summed E-state index contributed by atoms with van der Waals surface area (Å²) in [6.45, 7) is 28.4. The maximum absolute atomic E-state index is 9.72. The van der Waals surface area contributed by atoms with Crippen molar-refractivity contribution in [3.63, 3.8) is 0 Å². The molecule has 290 valence electrons. The van der Waals surface area contributed by atoms with Crippen molar-refractivity contribution < 1.29 is 9.47 Å². The van der Waals surface area contributed by atoms with Gasteiger partial charge in [0.1, 0.15) is 58.5 Å². The molecular weight excluding hydrogens is 703 g/mol. The van der Waals surface area contributed by atoms with Crippen LogP contribution in [0.4, 0.5) is 0 Å². The highest BCUT2D eigenvalue weighted by molar-refractivity contribution is 6.13. The van der Waals surface area contributed by atoms with Crippen molar-refractivity contribution in [2.75, 3.05) is 0 Å². The van der Waals surface area contributed by atoms with Gasteiger partial charge in [-0.25, -0.2) is 0 Å². The van der Waals surface area contributed by atoms with E-state index in [0.29, 0.717) is 40.7 Å². The monoisotopic (exact) mass is 755 g/mol. The first-order valence-corrected chi connectivity index (χ1v) is 19.4. The lowest BCUT2D eigenvalue weighted by Gasteiger charge is -2.26. The SMILES string of the molecule is CCn1c2c(/C=C/C3=CC(=C(C#N)C#N)C=C(C(C)(C)C)O3)cc(C(C)(C)C)cc2c2cc(C(C)(C)C)cc(/C=C/C3=CC(=C(C#N)C#N)C=C(C(C)(C)C)O3)c21. The molecule has 0 atom stereocenters. The molecule has 7 heteroatoms. The Kier molecular flexibility index (Phi) is 11.3. The van der Waals surface area contributed by atoms with E-state index in [1.165, 1.54) is 11.1 Å². The largest absolute Gasteiger partial charge is 0.461 e. The Morgan fingerprint density at radius 3 is 1.16 bits per heavy atom. The molecule has 5 rings (SSSR count). The van der Waals surface area contributed by atoms with Gasteiger partial charge in [0.25, 0.3) is 0 Å². The van der Waals surface area contributed by atoms with Crippen LogP contribution < -0.4 is 0 Å². The second kappa shape index (κ2) is 15.3. The Hall–Kier alpha value is -6.28. The lowest BCUT2D eigenvalue weighted by molar-refractivity contribution is 0.223. The summed E-state index contributed by atoms with van der Waals surface area (Å²) in [6, 6.07) is 17.3. The van der Waals surface area contributed by atoms with Crippen molar-refractivity contribution in [3.05, 3.63) is 128 Å². The number of aryl methyl sites for hydroxylation is 1. The van der Waals surface area contributed by atoms with Gasteiger partial charge in [-0.3, -0.25) is 0 Å². The Morgan fingerprint density at radius 2 is 0.877 bits per heavy atom. The molecule has 2 aromatic carbocycles. The van der Waals surface area contributed by atoms with E-state index in [1.807, 2.05) is 78.0 Å². The van der Waals surface area contributed by atoms with Crippen LogP contribution in [-0.4, -0.2) is 4.57 Å². The van der Waals surface area contributed by atoms with Crippen molar-refractivity contribution in [1.29, 1.82) is 21.0 Å². The number of nitrogens with zero attached hydrogens (tertiary/aromatic N) is 5. The van der Waals surface area contributed by atoms with Gasteiger partial charge in [0.15, 0.2) is 0 Å². The lowest BCUT2D eigenvalue weighted by Crippen LogP contribution is -2.15. The van der Waals surface area contributed by atoms with E-state index in [0.717, 1.165) is 32.9 Å². The molecule has 3 heterocycles. The maximum Gasteiger partial charge on any atom is 0.137 e. The van der Waals surface area contributed by atoms with Gasteiger partial charge in [-0.15, -0.1) is 0 Å². The molecule has 57 heavy (non-hydrogen) atoms. The van der Waals surface area contributed by atoms with Crippen LogP contribution in [0.3, 0.4) is 0 Å². The summed E-state index contributed by atoms with van der Waals surface area (Å²) in [6.07, 6.45) is 15.1.